The Morgan fingerprint density at radius 2 is 1.86 bits per heavy atom. The summed E-state index contributed by atoms with van der Waals surface area (Å²) in [5, 5.41) is 2.64. The molecule has 1 heterocycles. The van der Waals surface area contributed by atoms with Crippen LogP contribution in [0.1, 0.15) is 18.4 Å². The molecular formula is C19H25N3O7. The number of rotatable bonds is 10. The third-order valence-corrected chi connectivity index (χ3v) is 4.30. The number of nitrogens with one attached hydrogen (secondary N) is 1. The predicted molar refractivity (Wildman–Crippen MR) is 101 cm³/mol. The maximum atomic E-state index is 11.9. The lowest BCUT2D eigenvalue weighted by molar-refractivity contribution is -0.148. The van der Waals surface area contributed by atoms with Gasteiger partial charge in [-0.2, -0.15) is 0 Å². The summed E-state index contributed by atoms with van der Waals surface area (Å²) >= 11 is 0. The third-order valence-electron chi connectivity index (χ3n) is 4.30. The van der Waals surface area contributed by atoms with Crippen LogP contribution in [0.3, 0.4) is 0 Å². The van der Waals surface area contributed by atoms with Crippen LogP contribution in [0.25, 0.3) is 0 Å². The highest BCUT2D eigenvalue weighted by Crippen LogP contribution is 2.27. The van der Waals surface area contributed by atoms with E-state index in [1.165, 1.54) is 26.2 Å². The van der Waals surface area contributed by atoms with Crippen molar-refractivity contribution >= 4 is 23.8 Å². The maximum absolute atomic E-state index is 11.9. The number of hydrogen-bond acceptors (Lipinski definition) is 7. The molecule has 1 N–H and O–H groups in total. The fraction of sp³-hybridized carbons (Fsp3) is 0.474. The predicted octanol–water partition coefficient (Wildman–Crippen LogP) is 0.537. The van der Waals surface area contributed by atoms with Crippen molar-refractivity contribution in [3.8, 4) is 11.5 Å². The Hall–Kier alpha value is -3.30. The van der Waals surface area contributed by atoms with E-state index in [0.29, 0.717) is 11.5 Å². The first-order valence-corrected chi connectivity index (χ1v) is 9.04. The average molecular weight is 407 g/mol. The summed E-state index contributed by atoms with van der Waals surface area (Å²) in [5.41, 5.74) is 0.798. The minimum atomic E-state index is -0.571. The van der Waals surface area contributed by atoms with Crippen molar-refractivity contribution in [1.29, 1.82) is 0 Å². The molecule has 1 fully saturated rings. The number of amides is 4. The number of imide groups is 1. The summed E-state index contributed by atoms with van der Waals surface area (Å²) in [7, 11) is 4.59. The molecule has 158 valence electrons. The van der Waals surface area contributed by atoms with E-state index in [1.54, 1.807) is 18.2 Å². The lowest BCUT2D eigenvalue weighted by Gasteiger charge is -2.13. The second-order valence-electron chi connectivity index (χ2n) is 6.41. The second kappa shape index (κ2) is 10.3. The number of likely N-dealkylation sites (N-methyl/N-ethyl adjacent to an activating group) is 1. The summed E-state index contributed by atoms with van der Waals surface area (Å²) in [6.07, 6.45) is 0.279. The van der Waals surface area contributed by atoms with Crippen molar-refractivity contribution in [3.63, 3.8) is 0 Å². The molecule has 0 spiro atoms. The van der Waals surface area contributed by atoms with Gasteiger partial charge in [0.1, 0.15) is 6.54 Å². The van der Waals surface area contributed by atoms with Crippen molar-refractivity contribution in [2.24, 2.45) is 0 Å². The van der Waals surface area contributed by atoms with Gasteiger partial charge < -0.3 is 24.4 Å². The number of benzene rings is 1. The topological polar surface area (TPSA) is 114 Å². The molecule has 29 heavy (non-hydrogen) atoms. The fourth-order valence-electron chi connectivity index (χ4n) is 2.73. The number of methoxy groups -OCH3 is 2. The number of ether oxygens (including phenoxy) is 3. The highest BCUT2D eigenvalue weighted by Gasteiger charge is 2.32. The molecule has 1 aromatic carbocycles. The van der Waals surface area contributed by atoms with Gasteiger partial charge in [0.05, 0.1) is 14.2 Å². The van der Waals surface area contributed by atoms with Crippen LogP contribution < -0.4 is 14.8 Å². The van der Waals surface area contributed by atoms with E-state index in [1.807, 2.05) is 0 Å². The normalized spacial score (nSPS) is 13.5. The van der Waals surface area contributed by atoms with Crippen LogP contribution in [0.5, 0.6) is 11.5 Å². The Bertz CT molecular complexity index is 781. The summed E-state index contributed by atoms with van der Waals surface area (Å²) in [6.45, 7) is 0.0198. The summed E-state index contributed by atoms with van der Waals surface area (Å²) < 4.78 is 15.3. The Labute approximate surface area is 168 Å². The molecular weight excluding hydrogens is 382 g/mol. The number of esters is 1. The maximum Gasteiger partial charge on any atom is 0.326 e. The van der Waals surface area contributed by atoms with Gasteiger partial charge in [0.25, 0.3) is 5.91 Å². The van der Waals surface area contributed by atoms with Crippen LogP contribution in [0.15, 0.2) is 18.2 Å². The zero-order valence-electron chi connectivity index (χ0n) is 16.7. The molecule has 1 aliphatic heterocycles. The molecule has 0 radical (unpaired) electrons. The summed E-state index contributed by atoms with van der Waals surface area (Å²) in [4.78, 5) is 49.4. The van der Waals surface area contributed by atoms with Gasteiger partial charge in [-0.15, -0.1) is 0 Å². The molecule has 1 aromatic rings. The number of urea groups is 1. The largest absolute Gasteiger partial charge is 0.493 e. The van der Waals surface area contributed by atoms with Crippen LogP contribution in [-0.4, -0.2) is 74.6 Å². The van der Waals surface area contributed by atoms with Crippen LogP contribution in [-0.2, 0) is 25.7 Å². The van der Waals surface area contributed by atoms with E-state index in [4.69, 9.17) is 14.2 Å². The molecule has 0 aromatic heterocycles. The number of carbonyl (C=O) groups is 4. The van der Waals surface area contributed by atoms with Gasteiger partial charge >= 0.3 is 12.0 Å². The zero-order chi connectivity index (χ0) is 21.4. The van der Waals surface area contributed by atoms with Crippen molar-refractivity contribution in [2.45, 2.75) is 19.4 Å². The van der Waals surface area contributed by atoms with E-state index in [-0.39, 0.29) is 44.4 Å². The van der Waals surface area contributed by atoms with Crippen LogP contribution in [0.2, 0.25) is 0 Å². The summed E-state index contributed by atoms with van der Waals surface area (Å²) in [5.74, 6) is -0.175. The highest BCUT2D eigenvalue weighted by atomic mass is 16.5. The van der Waals surface area contributed by atoms with E-state index in [9.17, 15) is 19.2 Å². The van der Waals surface area contributed by atoms with Gasteiger partial charge in [-0.3, -0.25) is 19.3 Å². The molecule has 1 aliphatic rings. The molecule has 10 heteroatoms. The number of carbonyl (C=O) groups excluding carboxylic acids is 4. The van der Waals surface area contributed by atoms with Gasteiger partial charge in [-0.1, -0.05) is 6.07 Å². The van der Waals surface area contributed by atoms with Crippen molar-refractivity contribution in [1.82, 2.24) is 15.1 Å². The minimum Gasteiger partial charge on any atom is -0.493 e. The first-order chi connectivity index (χ1) is 13.8. The minimum absolute atomic E-state index is 0.00370. The van der Waals surface area contributed by atoms with Crippen molar-refractivity contribution in [3.05, 3.63) is 23.8 Å². The van der Waals surface area contributed by atoms with Gasteiger partial charge in [0.15, 0.2) is 18.1 Å². The molecule has 0 bridgehead atoms. The lowest BCUT2D eigenvalue weighted by atomic mass is 10.2. The first kappa shape index (κ1) is 22.0. The highest BCUT2D eigenvalue weighted by molar-refractivity contribution is 6.01. The van der Waals surface area contributed by atoms with Crippen LogP contribution in [0, 0.1) is 0 Å². The molecule has 0 unspecified atom stereocenters. The van der Waals surface area contributed by atoms with E-state index < -0.39 is 18.5 Å². The standard InChI is InChI=1S/C19H25N3O7/c1-21-11-17(24)22(19(21)26)8-4-5-18(25)29-12-16(23)20-10-13-6-7-14(27-2)15(9-13)28-3/h6-7,9H,4-5,8,10-12H2,1-3H3,(H,20,23). The lowest BCUT2D eigenvalue weighted by Crippen LogP contribution is -2.33. The molecule has 0 atom stereocenters. The Kier molecular flexibility index (Phi) is 7.81. The Morgan fingerprint density at radius 3 is 2.48 bits per heavy atom. The zero-order valence-corrected chi connectivity index (χ0v) is 16.7. The van der Waals surface area contributed by atoms with Gasteiger partial charge in [0, 0.05) is 26.6 Å². The van der Waals surface area contributed by atoms with Gasteiger partial charge in [-0.05, 0) is 24.1 Å². The Morgan fingerprint density at radius 1 is 1.14 bits per heavy atom. The van der Waals surface area contributed by atoms with Crippen molar-refractivity contribution in [2.75, 3.05) is 41.0 Å². The van der Waals surface area contributed by atoms with Gasteiger partial charge in [0.2, 0.25) is 5.91 Å². The van der Waals surface area contributed by atoms with Gasteiger partial charge in [-0.25, -0.2) is 4.79 Å². The molecule has 4 amide bonds. The fourth-order valence-corrected chi connectivity index (χ4v) is 2.73. The number of nitrogens with zero attached hydrogens (tertiary/aromatic N) is 2. The number of hydrogen-bond donors (Lipinski definition) is 1. The Balaban J connectivity index is 1.66. The SMILES string of the molecule is COc1ccc(CNC(=O)COC(=O)CCCN2C(=O)CN(C)C2=O)cc1OC. The molecule has 10 nitrogen and oxygen atoms in total. The molecule has 2 rings (SSSR count). The second-order valence-corrected chi connectivity index (χ2v) is 6.41. The monoisotopic (exact) mass is 407 g/mol. The van der Waals surface area contributed by atoms with Crippen LogP contribution in [0.4, 0.5) is 4.79 Å². The smallest absolute Gasteiger partial charge is 0.326 e. The third kappa shape index (κ3) is 6.09. The van der Waals surface area contributed by atoms with E-state index in [0.717, 1.165) is 10.5 Å². The molecule has 1 saturated heterocycles. The average Bonchev–Trinajstić information content (AvgIpc) is 2.96. The quantitative estimate of drug-likeness (QED) is 0.445. The first-order valence-electron chi connectivity index (χ1n) is 9.04. The molecule has 0 aliphatic carbocycles. The van der Waals surface area contributed by atoms with E-state index in [2.05, 4.69) is 5.32 Å². The molecule has 0 saturated carbocycles. The van der Waals surface area contributed by atoms with Crippen molar-refractivity contribution < 1.29 is 33.4 Å². The summed E-state index contributed by atoms with van der Waals surface area (Å²) in [6, 6.07) is 4.88. The van der Waals surface area contributed by atoms with Crippen LogP contribution >= 0.6 is 0 Å². The van der Waals surface area contributed by atoms with E-state index >= 15 is 0 Å².